The fraction of sp³-hybridized carbons (Fsp3) is 0.667. The van der Waals surface area contributed by atoms with Crippen LogP contribution in [-0.4, -0.2) is 76.9 Å². The van der Waals surface area contributed by atoms with Crippen molar-refractivity contribution in [1.82, 2.24) is 15.1 Å². The molecule has 0 bridgehead atoms. The van der Waals surface area contributed by atoms with Gasteiger partial charge < -0.3 is 24.4 Å². The molecular formula is C21H34N4O3. The van der Waals surface area contributed by atoms with E-state index in [0.29, 0.717) is 17.2 Å². The summed E-state index contributed by atoms with van der Waals surface area (Å²) in [5, 5.41) is 3.53. The Morgan fingerprint density at radius 1 is 1.04 bits per heavy atom. The normalized spacial score (nSPS) is 18.1. The Hall–Kier alpha value is -2.15. The molecule has 1 heterocycles. The lowest BCUT2D eigenvalue weighted by Crippen LogP contribution is -2.52. The number of guanidine groups is 1. The average molecular weight is 391 g/mol. The number of benzene rings is 1. The summed E-state index contributed by atoms with van der Waals surface area (Å²) in [5.74, 6) is 4.03. The lowest BCUT2D eigenvalue weighted by molar-refractivity contribution is 0.172. The average Bonchev–Trinajstić information content (AvgIpc) is 3.55. The van der Waals surface area contributed by atoms with Gasteiger partial charge in [-0.1, -0.05) is 12.8 Å². The highest BCUT2D eigenvalue weighted by Crippen LogP contribution is 2.38. The molecule has 0 amide bonds. The Morgan fingerprint density at radius 2 is 1.68 bits per heavy atom. The van der Waals surface area contributed by atoms with E-state index >= 15 is 0 Å². The maximum Gasteiger partial charge on any atom is 0.203 e. The zero-order valence-electron chi connectivity index (χ0n) is 17.7. The van der Waals surface area contributed by atoms with E-state index in [-0.39, 0.29) is 0 Å². The number of piperazine rings is 1. The topological polar surface area (TPSA) is 58.6 Å². The van der Waals surface area contributed by atoms with Crippen molar-refractivity contribution in [1.29, 1.82) is 0 Å². The van der Waals surface area contributed by atoms with Gasteiger partial charge in [-0.2, -0.15) is 0 Å². The van der Waals surface area contributed by atoms with Gasteiger partial charge in [-0.3, -0.25) is 9.89 Å². The Bertz CT molecular complexity index is 643. The number of nitrogens with one attached hydrogen (secondary N) is 1. The number of hydrogen-bond donors (Lipinski definition) is 1. The summed E-state index contributed by atoms with van der Waals surface area (Å²) in [5.41, 5.74) is 1.16. The van der Waals surface area contributed by atoms with Crippen LogP contribution in [-0.2, 0) is 6.54 Å². The minimum atomic E-state index is 0.639. The predicted molar refractivity (Wildman–Crippen MR) is 112 cm³/mol. The van der Waals surface area contributed by atoms with E-state index in [1.807, 2.05) is 19.2 Å². The Labute approximate surface area is 168 Å². The maximum absolute atomic E-state index is 5.47. The van der Waals surface area contributed by atoms with Crippen molar-refractivity contribution < 1.29 is 14.2 Å². The van der Waals surface area contributed by atoms with E-state index in [9.17, 15) is 0 Å². The fourth-order valence-corrected chi connectivity index (χ4v) is 3.73. The molecule has 1 saturated carbocycles. The number of nitrogens with zero attached hydrogens (tertiary/aromatic N) is 3. The van der Waals surface area contributed by atoms with Gasteiger partial charge in [-0.15, -0.1) is 0 Å². The molecule has 1 aliphatic carbocycles. The van der Waals surface area contributed by atoms with Gasteiger partial charge in [0, 0.05) is 46.3 Å². The number of ether oxygens (including phenoxy) is 3. The van der Waals surface area contributed by atoms with Gasteiger partial charge in [0.25, 0.3) is 0 Å². The molecule has 2 fully saturated rings. The zero-order chi connectivity index (χ0) is 19.9. The molecule has 0 radical (unpaired) electrons. The van der Waals surface area contributed by atoms with E-state index in [1.165, 1.54) is 19.3 Å². The van der Waals surface area contributed by atoms with Crippen LogP contribution < -0.4 is 19.5 Å². The summed E-state index contributed by atoms with van der Waals surface area (Å²) in [6.45, 7) is 5.85. The molecule has 0 unspecified atom stereocenters. The van der Waals surface area contributed by atoms with Crippen LogP contribution in [0.5, 0.6) is 17.2 Å². The molecule has 1 aromatic rings. The van der Waals surface area contributed by atoms with Crippen LogP contribution in [0.4, 0.5) is 0 Å². The second-order valence-electron chi connectivity index (χ2n) is 7.50. The largest absolute Gasteiger partial charge is 0.493 e. The van der Waals surface area contributed by atoms with Crippen LogP contribution in [0.1, 0.15) is 24.8 Å². The lowest BCUT2D eigenvalue weighted by Gasteiger charge is -2.36. The minimum absolute atomic E-state index is 0.639. The van der Waals surface area contributed by atoms with E-state index in [2.05, 4.69) is 20.1 Å². The van der Waals surface area contributed by atoms with Gasteiger partial charge in [0.05, 0.1) is 21.3 Å². The number of hydrogen-bond acceptors (Lipinski definition) is 5. The molecule has 1 N–H and O–H groups in total. The van der Waals surface area contributed by atoms with Crippen LogP contribution in [0.2, 0.25) is 0 Å². The number of rotatable bonds is 8. The molecule has 0 aromatic heterocycles. The minimum Gasteiger partial charge on any atom is -0.493 e. The molecule has 28 heavy (non-hydrogen) atoms. The fourth-order valence-electron chi connectivity index (χ4n) is 3.73. The van der Waals surface area contributed by atoms with Crippen molar-refractivity contribution >= 4 is 5.96 Å². The van der Waals surface area contributed by atoms with Crippen LogP contribution in [0, 0.1) is 5.92 Å². The first-order valence-corrected chi connectivity index (χ1v) is 10.1. The molecule has 3 rings (SSSR count). The third-order valence-corrected chi connectivity index (χ3v) is 5.55. The number of methoxy groups -OCH3 is 3. The first-order valence-electron chi connectivity index (χ1n) is 10.1. The highest BCUT2D eigenvalue weighted by atomic mass is 16.5. The van der Waals surface area contributed by atoms with Crippen molar-refractivity contribution in [2.24, 2.45) is 10.9 Å². The molecule has 0 atom stereocenters. The maximum atomic E-state index is 5.47. The Kier molecular flexibility index (Phi) is 7.25. The van der Waals surface area contributed by atoms with E-state index in [0.717, 1.165) is 56.7 Å². The predicted octanol–water partition coefficient (Wildman–Crippen LogP) is 2.21. The highest BCUT2D eigenvalue weighted by Gasteiger charge is 2.23. The third-order valence-electron chi connectivity index (χ3n) is 5.55. The Morgan fingerprint density at radius 3 is 2.18 bits per heavy atom. The van der Waals surface area contributed by atoms with Crippen LogP contribution in [0.3, 0.4) is 0 Å². The summed E-state index contributed by atoms with van der Waals surface area (Å²) in [6.07, 6.45) is 4.07. The second-order valence-corrected chi connectivity index (χ2v) is 7.50. The van der Waals surface area contributed by atoms with Gasteiger partial charge in [-0.25, -0.2) is 0 Å². The third kappa shape index (κ3) is 5.22. The lowest BCUT2D eigenvalue weighted by atomic mass is 10.1. The zero-order valence-corrected chi connectivity index (χ0v) is 17.7. The van der Waals surface area contributed by atoms with Gasteiger partial charge in [0.15, 0.2) is 17.5 Å². The first kappa shape index (κ1) is 20.6. The molecule has 1 aliphatic heterocycles. The molecule has 7 nitrogen and oxygen atoms in total. The molecule has 1 aromatic carbocycles. The molecule has 2 aliphatic rings. The summed E-state index contributed by atoms with van der Waals surface area (Å²) < 4.78 is 16.4. The van der Waals surface area contributed by atoms with Gasteiger partial charge >= 0.3 is 0 Å². The molecular weight excluding hydrogens is 356 g/mol. The standard InChI is InChI=1S/C21H34N4O3/c1-22-21(23-8-7-16-5-6-16)25-11-9-24(10-12-25)15-17-13-18(26-2)20(28-4)19(14-17)27-3/h13-14,16H,5-12,15H2,1-4H3,(H,22,23). The molecule has 1 saturated heterocycles. The van der Waals surface area contributed by atoms with Crippen molar-refractivity contribution in [2.75, 3.05) is 61.1 Å². The quantitative estimate of drug-likeness (QED) is 0.543. The van der Waals surface area contributed by atoms with Crippen LogP contribution in [0.25, 0.3) is 0 Å². The highest BCUT2D eigenvalue weighted by molar-refractivity contribution is 5.80. The second kappa shape index (κ2) is 9.87. The summed E-state index contributed by atoms with van der Waals surface area (Å²) in [7, 11) is 6.82. The van der Waals surface area contributed by atoms with Gasteiger partial charge in [0.1, 0.15) is 0 Å². The number of aliphatic imine (C=N–C) groups is 1. The van der Waals surface area contributed by atoms with Gasteiger partial charge in [0.2, 0.25) is 5.75 Å². The molecule has 0 spiro atoms. The summed E-state index contributed by atoms with van der Waals surface area (Å²) in [4.78, 5) is 9.28. The van der Waals surface area contributed by atoms with Gasteiger partial charge in [-0.05, 0) is 30.0 Å². The van der Waals surface area contributed by atoms with Crippen LogP contribution in [0.15, 0.2) is 17.1 Å². The van der Waals surface area contributed by atoms with Crippen molar-refractivity contribution in [3.05, 3.63) is 17.7 Å². The van der Waals surface area contributed by atoms with E-state index < -0.39 is 0 Å². The summed E-state index contributed by atoms with van der Waals surface area (Å²) >= 11 is 0. The molecule has 156 valence electrons. The first-order chi connectivity index (χ1) is 13.7. The Balaban J connectivity index is 1.53. The van der Waals surface area contributed by atoms with Crippen molar-refractivity contribution in [3.63, 3.8) is 0 Å². The van der Waals surface area contributed by atoms with E-state index in [4.69, 9.17) is 14.2 Å². The van der Waals surface area contributed by atoms with Crippen molar-refractivity contribution in [3.8, 4) is 17.2 Å². The monoisotopic (exact) mass is 390 g/mol. The SMILES string of the molecule is CN=C(NCCC1CC1)N1CCN(Cc2cc(OC)c(OC)c(OC)c2)CC1. The van der Waals surface area contributed by atoms with Crippen LogP contribution >= 0.6 is 0 Å². The van der Waals surface area contributed by atoms with Crippen molar-refractivity contribution in [2.45, 2.75) is 25.8 Å². The molecule has 7 heteroatoms. The summed E-state index contributed by atoms with van der Waals surface area (Å²) in [6, 6.07) is 4.07. The van der Waals surface area contributed by atoms with E-state index in [1.54, 1.807) is 21.3 Å². The smallest absolute Gasteiger partial charge is 0.203 e.